The molecular weight excluding hydrogens is 523 g/mol. The number of anilines is 2. The molecule has 0 spiro atoms. The molecule has 10 heteroatoms. The maximum Gasteiger partial charge on any atom is 0.338 e. The molecule has 0 aliphatic carbocycles. The Labute approximate surface area is 221 Å². The van der Waals surface area contributed by atoms with Crippen molar-refractivity contribution in [3.63, 3.8) is 0 Å². The van der Waals surface area contributed by atoms with Gasteiger partial charge in [0, 0.05) is 5.69 Å². The second-order valence-corrected chi connectivity index (χ2v) is 9.81. The normalized spacial score (nSPS) is 14.3. The summed E-state index contributed by atoms with van der Waals surface area (Å²) in [5.41, 5.74) is 2.95. The van der Waals surface area contributed by atoms with Crippen molar-refractivity contribution in [2.75, 3.05) is 16.8 Å². The lowest BCUT2D eigenvalue weighted by Crippen LogP contribution is -2.27. The number of benzene rings is 3. The third-order valence-electron chi connectivity index (χ3n) is 5.07. The van der Waals surface area contributed by atoms with Crippen molar-refractivity contribution in [3.8, 4) is 0 Å². The second-order valence-electron chi connectivity index (χ2n) is 7.73. The third kappa shape index (κ3) is 5.99. The van der Waals surface area contributed by atoms with E-state index >= 15 is 0 Å². The first-order valence-corrected chi connectivity index (χ1v) is 12.2. The highest BCUT2D eigenvalue weighted by Gasteiger charge is 2.33. The standard InChI is InChI=1S/C26H18ClFN2O4S2/c1-15-2-8-18(9-3-15)29-23(31)14-34-25(33)17-6-4-16(5-7-17)12-22-24(32)30(26(35)36-22)19-10-11-21(28)20(27)13-19/h2-13H,14H2,1H3,(H,29,31)/b22-12-. The van der Waals surface area contributed by atoms with E-state index in [1.54, 1.807) is 30.3 Å². The van der Waals surface area contributed by atoms with Crippen LogP contribution in [-0.2, 0) is 14.3 Å². The van der Waals surface area contributed by atoms with Crippen LogP contribution in [0.25, 0.3) is 6.08 Å². The Morgan fingerprint density at radius 2 is 1.81 bits per heavy atom. The van der Waals surface area contributed by atoms with E-state index in [0.29, 0.717) is 21.8 Å². The van der Waals surface area contributed by atoms with Gasteiger partial charge < -0.3 is 10.1 Å². The molecule has 4 rings (SSSR count). The molecule has 0 bridgehead atoms. The molecule has 3 aromatic carbocycles. The maximum absolute atomic E-state index is 13.5. The van der Waals surface area contributed by atoms with E-state index in [1.807, 2.05) is 19.1 Å². The zero-order chi connectivity index (χ0) is 25.8. The van der Waals surface area contributed by atoms with Gasteiger partial charge in [-0.1, -0.05) is 65.4 Å². The van der Waals surface area contributed by atoms with Crippen LogP contribution in [0.5, 0.6) is 0 Å². The molecule has 0 saturated carbocycles. The first-order valence-electron chi connectivity index (χ1n) is 10.6. The van der Waals surface area contributed by atoms with Gasteiger partial charge in [-0.25, -0.2) is 9.18 Å². The van der Waals surface area contributed by atoms with Crippen LogP contribution in [0.2, 0.25) is 5.02 Å². The maximum atomic E-state index is 13.5. The molecule has 1 fully saturated rings. The predicted octanol–water partition coefficient (Wildman–Crippen LogP) is 5.99. The molecule has 2 amide bonds. The fourth-order valence-electron chi connectivity index (χ4n) is 3.23. The van der Waals surface area contributed by atoms with E-state index in [1.165, 1.54) is 35.2 Å². The molecule has 0 atom stereocenters. The zero-order valence-electron chi connectivity index (χ0n) is 18.8. The molecule has 0 unspecified atom stereocenters. The van der Waals surface area contributed by atoms with Crippen LogP contribution in [0, 0.1) is 12.7 Å². The van der Waals surface area contributed by atoms with E-state index in [2.05, 4.69) is 5.32 Å². The number of ether oxygens (including phenoxy) is 1. The van der Waals surface area contributed by atoms with Gasteiger partial charge in [-0.15, -0.1) is 0 Å². The highest BCUT2D eigenvalue weighted by atomic mass is 35.5. The first kappa shape index (κ1) is 25.6. The molecular formula is C26H18ClFN2O4S2. The number of rotatable bonds is 6. The number of hydrogen-bond donors (Lipinski definition) is 1. The number of carbonyl (C=O) groups is 3. The van der Waals surface area contributed by atoms with E-state index in [-0.39, 0.29) is 20.8 Å². The Morgan fingerprint density at radius 1 is 1.11 bits per heavy atom. The summed E-state index contributed by atoms with van der Waals surface area (Å²) < 4.78 is 18.9. The van der Waals surface area contributed by atoms with E-state index in [0.717, 1.165) is 17.3 Å². The lowest BCUT2D eigenvalue weighted by Gasteiger charge is -2.14. The van der Waals surface area contributed by atoms with Crippen molar-refractivity contribution in [2.24, 2.45) is 0 Å². The van der Waals surface area contributed by atoms with Crippen LogP contribution in [0.3, 0.4) is 0 Å². The summed E-state index contributed by atoms with van der Waals surface area (Å²) in [6.07, 6.45) is 1.63. The van der Waals surface area contributed by atoms with Gasteiger partial charge in [0.2, 0.25) is 0 Å². The number of hydrogen-bond acceptors (Lipinski definition) is 6. The zero-order valence-corrected chi connectivity index (χ0v) is 21.2. The molecule has 1 aliphatic rings. The Kier molecular flexibility index (Phi) is 7.83. The second kappa shape index (κ2) is 11.0. The summed E-state index contributed by atoms with van der Waals surface area (Å²) in [6, 6.07) is 17.5. The Morgan fingerprint density at radius 3 is 2.47 bits per heavy atom. The van der Waals surface area contributed by atoms with Crippen LogP contribution >= 0.6 is 35.6 Å². The largest absolute Gasteiger partial charge is 0.452 e. The number of nitrogens with zero attached hydrogens (tertiary/aromatic N) is 1. The van der Waals surface area contributed by atoms with Crippen LogP contribution in [0.4, 0.5) is 15.8 Å². The van der Waals surface area contributed by atoms with Crippen molar-refractivity contribution < 1.29 is 23.5 Å². The summed E-state index contributed by atoms with van der Waals surface area (Å²) in [7, 11) is 0. The summed E-state index contributed by atoms with van der Waals surface area (Å²) >= 11 is 12.3. The summed E-state index contributed by atoms with van der Waals surface area (Å²) in [6.45, 7) is 1.51. The number of thioether (sulfide) groups is 1. The average Bonchev–Trinajstić information content (AvgIpc) is 3.13. The van der Waals surface area contributed by atoms with Crippen molar-refractivity contribution in [1.82, 2.24) is 0 Å². The number of amides is 2. The molecule has 182 valence electrons. The summed E-state index contributed by atoms with van der Waals surface area (Å²) in [4.78, 5) is 38.9. The van der Waals surface area contributed by atoms with Gasteiger partial charge in [0.05, 0.1) is 21.2 Å². The van der Waals surface area contributed by atoms with Crippen molar-refractivity contribution >= 4 is 75.1 Å². The molecule has 0 radical (unpaired) electrons. The fourth-order valence-corrected chi connectivity index (χ4v) is 4.70. The minimum Gasteiger partial charge on any atom is -0.452 e. The van der Waals surface area contributed by atoms with Crippen LogP contribution in [-0.4, -0.2) is 28.7 Å². The quantitative estimate of drug-likeness (QED) is 0.235. The van der Waals surface area contributed by atoms with Gasteiger partial charge in [0.1, 0.15) is 5.82 Å². The van der Waals surface area contributed by atoms with E-state index < -0.39 is 24.3 Å². The van der Waals surface area contributed by atoms with E-state index in [4.69, 9.17) is 28.6 Å². The molecule has 1 saturated heterocycles. The van der Waals surface area contributed by atoms with Gasteiger partial charge in [-0.05, 0) is 61.0 Å². The van der Waals surface area contributed by atoms with Gasteiger partial charge in [0.25, 0.3) is 11.8 Å². The number of esters is 1. The highest BCUT2D eigenvalue weighted by molar-refractivity contribution is 8.27. The van der Waals surface area contributed by atoms with Crippen LogP contribution < -0.4 is 10.2 Å². The summed E-state index contributed by atoms with van der Waals surface area (Å²) in [5.74, 6) is -2.06. The predicted molar refractivity (Wildman–Crippen MR) is 144 cm³/mol. The molecule has 0 aromatic heterocycles. The Bertz CT molecular complexity index is 1390. The van der Waals surface area contributed by atoms with Crippen LogP contribution in [0.15, 0.2) is 71.6 Å². The molecule has 1 heterocycles. The van der Waals surface area contributed by atoms with Gasteiger partial charge in [0.15, 0.2) is 10.9 Å². The third-order valence-corrected chi connectivity index (χ3v) is 6.66. The van der Waals surface area contributed by atoms with Gasteiger partial charge >= 0.3 is 5.97 Å². The Balaban J connectivity index is 1.37. The first-order chi connectivity index (χ1) is 17.2. The summed E-state index contributed by atoms with van der Waals surface area (Å²) in [5, 5.41) is 2.55. The van der Waals surface area contributed by atoms with E-state index in [9.17, 15) is 18.8 Å². The van der Waals surface area contributed by atoms with Crippen molar-refractivity contribution in [2.45, 2.75) is 6.92 Å². The molecule has 1 N–H and O–H groups in total. The average molecular weight is 541 g/mol. The lowest BCUT2D eigenvalue weighted by atomic mass is 10.1. The molecule has 1 aliphatic heterocycles. The minimum absolute atomic E-state index is 0.111. The topological polar surface area (TPSA) is 75.7 Å². The number of carbonyl (C=O) groups excluding carboxylic acids is 3. The fraction of sp³-hybridized carbons (Fsp3) is 0.0769. The molecule has 6 nitrogen and oxygen atoms in total. The monoisotopic (exact) mass is 540 g/mol. The minimum atomic E-state index is -0.653. The highest BCUT2D eigenvalue weighted by Crippen LogP contribution is 2.37. The number of aryl methyl sites for hydroxylation is 1. The Hall–Kier alpha value is -3.53. The number of thiocarbonyl (C=S) groups is 1. The lowest BCUT2D eigenvalue weighted by molar-refractivity contribution is -0.119. The number of halogens is 2. The van der Waals surface area contributed by atoms with Crippen molar-refractivity contribution in [1.29, 1.82) is 0 Å². The van der Waals surface area contributed by atoms with Crippen LogP contribution in [0.1, 0.15) is 21.5 Å². The van der Waals surface area contributed by atoms with Gasteiger partial charge in [-0.3, -0.25) is 14.5 Å². The molecule has 3 aromatic rings. The van der Waals surface area contributed by atoms with Crippen molar-refractivity contribution in [3.05, 3.63) is 99.2 Å². The number of nitrogens with one attached hydrogen (secondary N) is 1. The SMILES string of the molecule is Cc1ccc(NC(=O)COC(=O)c2ccc(/C=C3\SC(=S)N(c4ccc(F)c(Cl)c4)C3=O)cc2)cc1. The smallest absolute Gasteiger partial charge is 0.338 e. The molecule has 36 heavy (non-hydrogen) atoms. The van der Waals surface area contributed by atoms with Gasteiger partial charge in [-0.2, -0.15) is 0 Å².